The van der Waals surface area contributed by atoms with Crippen molar-refractivity contribution in [2.75, 3.05) is 26.0 Å². The number of anilines is 1. The molecule has 0 atom stereocenters. The van der Waals surface area contributed by atoms with Crippen LogP contribution in [0.25, 0.3) is 16.0 Å². The third kappa shape index (κ3) is 2.76. The molecule has 3 aromatic rings. The van der Waals surface area contributed by atoms with Gasteiger partial charge in [-0.25, -0.2) is 4.98 Å². The molecule has 0 bridgehead atoms. The molecule has 5 nitrogen and oxygen atoms in total. The number of thiazole rings is 1. The van der Waals surface area contributed by atoms with E-state index in [1.54, 1.807) is 0 Å². The van der Waals surface area contributed by atoms with E-state index >= 15 is 0 Å². The van der Waals surface area contributed by atoms with Gasteiger partial charge < -0.3 is 9.80 Å². The second kappa shape index (κ2) is 6.58. The van der Waals surface area contributed by atoms with Gasteiger partial charge in [0.1, 0.15) is 4.88 Å². The van der Waals surface area contributed by atoms with Gasteiger partial charge in [-0.15, -0.1) is 0 Å². The lowest BCUT2D eigenvalue weighted by molar-refractivity contribution is 0.0700. The minimum absolute atomic E-state index is 0.141. The second-order valence-corrected chi connectivity index (χ2v) is 8.50. The fourth-order valence-electron chi connectivity index (χ4n) is 3.97. The Hall–Kier alpha value is -2.08. The molecule has 2 heterocycles. The molecule has 26 heavy (non-hydrogen) atoms. The van der Waals surface area contributed by atoms with E-state index in [9.17, 15) is 4.79 Å². The summed E-state index contributed by atoms with van der Waals surface area (Å²) in [6, 6.07) is 6.66. The summed E-state index contributed by atoms with van der Waals surface area (Å²) in [6.45, 7) is 2.04. The summed E-state index contributed by atoms with van der Waals surface area (Å²) in [5.41, 5.74) is 4.18. The number of benzene rings is 1. The molecule has 0 spiro atoms. The molecule has 1 aliphatic carbocycles. The van der Waals surface area contributed by atoms with Crippen LogP contribution in [0.1, 0.15) is 47.5 Å². The predicted octanol–water partition coefficient (Wildman–Crippen LogP) is 4.33. The van der Waals surface area contributed by atoms with Crippen LogP contribution in [0.2, 0.25) is 0 Å². The van der Waals surface area contributed by atoms with Crippen molar-refractivity contribution in [1.82, 2.24) is 14.3 Å². The number of hydrogen-bond donors (Lipinski definition) is 0. The first-order valence-electron chi connectivity index (χ1n) is 9.33. The Morgan fingerprint density at radius 3 is 2.62 bits per heavy atom. The summed E-state index contributed by atoms with van der Waals surface area (Å²) in [5.74, 6) is 0.141. The molecule has 6 heteroatoms. The van der Waals surface area contributed by atoms with Crippen molar-refractivity contribution in [2.45, 2.75) is 45.1 Å². The number of imidazole rings is 1. The molecule has 4 rings (SSSR count). The third-order valence-corrected chi connectivity index (χ3v) is 6.75. The largest absolute Gasteiger partial charge is 0.378 e. The van der Waals surface area contributed by atoms with Crippen molar-refractivity contribution in [1.29, 1.82) is 0 Å². The Kier molecular flexibility index (Phi) is 4.39. The fraction of sp³-hybridized carbons (Fsp3) is 0.500. The maximum atomic E-state index is 13.1. The van der Waals surface area contributed by atoms with Crippen molar-refractivity contribution in [3.05, 3.63) is 28.8 Å². The van der Waals surface area contributed by atoms with Crippen LogP contribution in [0, 0.1) is 6.92 Å². The van der Waals surface area contributed by atoms with Crippen molar-refractivity contribution in [2.24, 2.45) is 0 Å². The van der Waals surface area contributed by atoms with Gasteiger partial charge in [-0.3, -0.25) is 9.20 Å². The van der Waals surface area contributed by atoms with Crippen LogP contribution in [0.3, 0.4) is 0 Å². The number of aryl methyl sites for hydroxylation is 1. The standard InChI is InChI=1S/C20H26N4OS/c1-13-18(19(25)23(4)14-8-6-5-7-9-14)26-20-21-16-11-10-15(22(2)3)12-17(16)24(13)20/h10-12,14H,5-9H2,1-4H3. The monoisotopic (exact) mass is 370 g/mol. The normalized spacial score (nSPS) is 15.7. The summed E-state index contributed by atoms with van der Waals surface area (Å²) in [4.78, 5) is 23.6. The molecular formula is C20H26N4OS. The predicted molar refractivity (Wildman–Crippen MR) is 109 cm³/mol. The number of carbonyl (C=O) groups is 1. The van der Waals surface area contributed by atoms with E-state index in [2.05, 4.69) is 27.5 Å². The van der Waals surface area contributed by atoms with E-state index < -0.39 is 0 Å². The van der Waals surface area contributed by atoms with Gasteiger partial charge in [-0.05, 0) is 38.0 Å². The first-order chi connectivity index (χ1) is 12.5. The first-order valence-corrected chi connectivity index (χ1v) is 10.1. The molecular weight excluding hydrogens is 344 g/mol. The molecule has 1 aromatic carbocycles. The second-order valence-electron chi connectivity index (χ2n) is 7.52. The van der Waals surface area contributed by atoms with Gasteiger partial charge in [0.05, 0.1) is 11.0 Å². The van der Waals surface area contributed by atoms with Gasteiger partial charge >= 0.3 is 0 Å². The molecule has 0 unspecified atom stereocenters. The molecule has 1 aliphatic rings. The first kappa shape index (κ1) is 17.3. The number of fused-ring (bicyclic) bond motifs is 3. The highest BCUT2D eigenvalue weighted by Crippen LogP contribution is 2.31. The maximum Gasteiger partial charge on any atom is 0.265 e. The van der Waals surface area contributed by atoms with Gasteiger partial charge in [-0.2, -0.15) is 0 Å². The van der Waals surface area contributed by atoms with Crippen molar-refractivity contribution >= 4 is 38.9 Å². The van der Waals surface area contributed by atoms with Crippen LogP contribution in [0.5, 0.6) is 0 Å². The molecule has 0 N–H and O–H groups in total. The van der Waals surface area contributed by atoms with E-state index in [1.165, 1.54) is 30.6 Å². The Bertz CT molecular complexity index is 965. The van der Waals surface area contributed by atoms with Crippen LogP contribution in [-0.2, 0) is 0 Å². The van der Waals surface area contributed by atoms with Crippen molar-refractivity contribution < 1.29 is 4.79 Å². The highest BCUT2D eigenvalue weighted by molar-refractivity contribution is 7.19. The zero-order chi connectivity index (χ0) is 18.4. The zero-order valence-electron chi connectivity index (χ0n) is 16.0. The van der Waals surface area contributed by atoms with E-state index in [0.29, 0.717) is 6.04 Å². The summed E-state index contributed by atoms with van der Waals surface area (Å²) in [6.07, 6.45) is 6.00. The number of amides is 1. The number of aromatic nitrogens is 2. The van der Waals surface area contributed by atoms with E-state index in [-0.39, 0.29) is 5.91 Å². The van der Waals surface area contributed by atoms with Crippen molar-refractivity contribution in [3.63, 3.8) is 0 Å². The average molecular weight is 371 g/mol. The SMILES string of the molecule is Cc1c(C(=O)N(C)C2CCCCC2)sc2nc3ccc(N(C)C)cc3n12. The lowest BCUT2D eigenvalue weighted by atomic mass is 9.94. The Balaban J connectivity index is 1.75. The van der Waals surface area contributed by atoms with Gasteiger partial charge in [0.15, 0.2) is 4.96 Å². The summed E-state index contributed by atoms with van der Waals surface area (Å²) < 4.78 is 2.13. The lowest BCUT2D eigenvalue weighted by Gasteiger charge is -2.31. The third-order valence-electron chi connectivity index (χ3n) is 5.62. The maximum absolute atomic E-state index is 13.1. The summed E-state index contributed by atoms with van der Waals surface area (Å²) in [5, 5.41) is 0. The van der Waals surface area contributed by atoms with Crippen molar-refractivity contribution in [3.8, 4) is 0 Å². The van der Waals surface area contributed by atoms with Crippen LogP contribution >= 0.6 is 11.3 Å². The number of rotatable bonds is 3. The smallest absolute Gasteiger partial charge is 0.265 e. The molecule has 0 aliphatic heterocycles. The molecule has 138 valence electrons. The molecule has 2 aromatic heterocycles. The van der Waals surface area contributed by atoms with Gasteiger partial charge in [0.2, 0.25) is 0 Å². The Labute approximate surface area is 158 Å². The van der Waals surface area contributed by atoms with Crippen LogP contribution in [-0.4, -0.2) is 47.4 Å². The molecule has 0 saturated heterocycles. The molecule has 1 saturated carbocycles. The van der Waals surface area contributed by atoms with E-state index in [4.69, 9.17) is 4.98 Å². The molecule has 0 radical (unpaired) electrons. The topological polar surface area (TPSA) is 40.9 Å². The van der Waals surface area contributed by atoms with Gasteiger partial charge in [0.25, 0.3) is 5.91 Å². The number of hydrogen-bond acceptors (Lipinski definition) is 4. The molecule has 1 amide bonds. The number of carbonyl (C=O) groups excluding carboxylic acids is 1. The number of nitrogens with zero attached hydrogens (tertiary/aromatic N) is 4. The highest BCUT2D eigenvalue weighted by Gasteiger charge is 2.27. The van der Waals surface area contributed by atoms with E-state index in [1.807, 2.05) is 33.0 Å². The Morgan fingerprint density at radius 1 is 1.19 bits per heavy atom. The minimum atomic E-state index is 0.141. The van der Waals surface area contributed by atoms with Crippen LogP contribution < -0.4 is 4.90 Å². The quantitative estimate of drug-likeness (QED) is 0.689. The van der Waals surface area contributed by atoms with Gasteiger partial charge in [-0.1, -0.05) is 30.6 Å². The zero-order valence-corrected chi connectivity index (χ0v) is 16.8. The van der Waals surface area contributed by atoms with E-state index in [0.717, 1.165) is 45.1 Å². The minimum Gasteiger partial charge on any atom is -0.378 e. The summed E-state index contributed by atoms with van der Waals surface area (Å²) >= 11 is 1.51. The van der Waals surface area contributed by atoms with Gasteiger partial charge in [0, 0.05) is 38.6 Å². The summed E-state index contributed by atoms with van der Waals surface area (Å²) in [7, 11) is 6.03. The molecule has 1 fully saturated rings. The highest BCUT2D eigenvalue weighted by atomic mass is 32.1. The fourth-order valence-corrected chi connectivity index (χ4v) is 5.10. The Morgan fingerprint density at radius 2 is 1.92 bits per heavy atom. The van der Waals surface area contributed by atoms with Crippen LogP contribution in [0.4, 0.5) is 5.69 Å². The van der Waals surface area contributed by atoms with Crippen LogP contribution in [0.15, 0.2) is 18.2 Å². The lowest BCUT2D eigenvalue weighted by Crippen LogP contribution is -2.38. The average Bonchev–Trinajstić information content (AvgIpc) is 3.17.